The maximum absolute atomic E-state index is 13.3. The highest BCUT2D eigenvalue weighted by atomic mass is 16.6. The number of benzene rings is 1. The number of aliphatic hydroxyl groups is 2. The lowest BCUT2D eigenvalue weighted by Gasteiger charge is -2.69. The van der Waals surface area contributed by atoms with Crippen LogP contribution < -0.4 is 0 Å². The molecule has 37 heavy (non-hydrogen) atoms. The second-order valence-corrected chi connectivity index (χ2v) is 12.1. The van der Waals surface area contributed by atoms with Crippen molar-refractivity contribution in [1.82, 2.24) is 0 Å². The number of ether oxygens (including phenoxy) is 2. The van der Waals surface area contributed by atoms with Gasteiger partial charge in [-0.15, -0.1) is 0 Å². The molecular weight excluding hydrogens is 472 g/mol. The summed E-state index contributed by atoms with van der Waals surface area (Å²) in [6.07, 6.45) is 2.90. The molecule has 3 saturated carbocycles. The van der Waals surface area contributed by atoms with Crippen LogP contribution in [0, 0.1) is 34.5 Å². The lowest BCUT2D eigenvalue weighted by Crippen LogP contribution is -2.77. The van der Waals surface area contributed by atoms with Crippen molar-refractivity contribution in [2.75, 3.05) is 7.11 Å². The smallest absolute Gasteiger partial charge is 0.331 e. The van der Waals surface area contributed by atoms with Gasteiger partial charge in [-0.3, -0.25) is 9.59 Å². The fourth-order valence-corrected chi connectivity index (χ4v) is 7.92. The molecule has 0 aliphatic heterocycles. The molecule has 0 unspecified atom stereocenters. The third-order valence-electron chi connectivity index (χ3n) is 9.94. The molecule has 4 rings (SSSR count). The first-order valence-electron chi connectivity index (χ1n) is 13.3. The van der Waals surface area contributed by atoms with Crippen LogP contribution >= 0.6 is 0 Å². The number of fused-ring (bicyclic) bond motifs is 3. The third-order valence-corrected chi connectivity index (χ3v) is 9.94. The molecule has 202 valence electrons. The van der Waals surface area contributed by atoms with Crippen LogP contribution in [0.2, 0.25) is 0 Å². The summed E-state index contributed by atoms with van der Waals surface area (Å²) in [5.41, 5.74) is -2.16. The fourth-order valence-electron chi connectivity index (χ4n) is 7.92. The second-order valence-electron chi connectivity index (χ2n) is 12.1. The molecule has 0 amide bonds. The predicted octanol–water partition coefficient (Wildman–Crippen LogP) is 3.95. The van der Waals surface area contributed by atoms with E-state index in [1.54, 1.807) is 6.08 Å². The summed E-state index contributed by atoms with van der Waals surface area (Å²) < 4.78 is 10.8. The molecule has 0 radical (unpaired) electrons. The topological polar surface area (TPSA) is 110 Å². The number of ketones is 1. The minimum atomic E-state index is -1.55. The van der Waals surface area contributed by atoms with Gasteiger partial charge in [-0.05, 0) is 47.6 Å². The number of aliphatic hydroxyl groups excluding tert-OH is 1. The molecule has 1 aromatic rings. The van der Waals surface area contributed by atoms with E-state index < -0.39 is 52.4 Å². The molecule has 2 N–H and O–H groups in total. The maximum atomic E-state index is 13.3. The summed E-state index contributed by atoms with van der Waals surface area (Å²) in [6.45, 7) is 7.76. The number of esters is 2. The average molecular weight is 513 g/mol. The van der Waals surface area contributed by atoms with Gasteiger partial charge < -0.3 is 19.7 Å². The summed E-state index contributed by atoms with van der Waals surface area (Å²) in [6, 6.07) is 9.34. The van der Waals surface area contributed by atoms with Crippen LogP contribution in [0.15, 0.2) is 36.4 Å². The highest BCUT2D eigenvalue weighted by Gasteiger charge is 2.73. The van der Waals surface area contributed by atoms with Gasteiger partial charge in [-0.25, -0.2) is 4.79 Å². The van der Waals surface area contributed by atoms with E-state index in [0.29, 0.717) is 12.8 Å². The number of Topliss-reactive ketones (excluding diaryl/α,β-unsaturated/α-hetero) is 1. The van der Waals surface area contributed by atoms with Gasteiger partial charge in [0.1, 0.15) is 11.4 Å². The van der Waals surface area contributed by atoms with Crippen LogP contribution in [-0.4, -0.2) is 52.9 Å². The second kappa shape index (κ2) is 9.99. The van der Waals surface area contributed by atoms with Crippen molar-refractivity contribution in [3.05, 3.63) is 42.0 Å². The number of rotatable bonds is 5. The van der Waals surface area contributed by atoms with Crippen molar-refractivity contribution in [3.8, 4) is 0 Å². The lowest BCUT2D eigenvalue weighted by molar-refractivity contribution is -0.320. The van der Waals surface area contributed by atoms with E-state index in [2.05, 4.69) is 0 Å². The molecule has 3 aliphatic rings. The van der Waals surface area contributed by atoms with E-state index >= 15 is 0 Å². The van der Waals surface area contributed by atoms with Gasteiger partial charge in [0, 0.05) is 23.8 Å². The Balaban J connectivity index is 1.73. The van der Waals surface area contributed by atoms with E-state index in [9.17, 15) is 24.6 Å². The monoisotopic (exact) mass is 512 g/mol. The molecule has 0 aromatic heterocycles. The highest BCUT2D eigenvalue weighted by Crippen LogP contribution is 2.67. The Labute approximate surface area is 219 Å². The minimum absolute atomic E-state index is 0.0421. The number of hydrogen-bond donors (Lipinski definition) is 2. The van der Waals surface area contributed by atoms with Crippen LogP contribution in [0.4, 0.5) is 0 Å². The first-order chi connectivity index (χ1) is 17.4. The standard InChI is InChI=1S/C30H40O7/c1-18-20(16-24(33)36-5)22(31)17-21-25(18)26(34)27(30(35)28(2,3)14-9-15-29(21,30)4)37-23(32)13-12-19-10-7-6-8-11-19/h6-8,10-13,18,20-21,25-27,34-35H,9,14-17H2,1-5H3/t18-,20+,21-,25-,26+,27+,29+,30+/m0/s1. The molecule has 3 aliphatic carbocycles. The molecule has 0 spiro atoms. The van der Waals surface area contributed by atoms with Crippen LogP contribution in [0.5, 0.6) is 0 Å². The molecule has 0 heterocycles. The van der Waals surface area contributed by atoms with Gasteiger partial charge in [-0.2, -0.15) is 0 Å². The zero-order valence-electron chi connectivity index (χ0n) is 22.5. The molecule has 8 atom stereocenters. The van der Waals surface area contributed by atoms with Crippen LogP contribution in [-0.2, 0) is 23.9 Å². The van der Waals surface area contributed by atoms with E-state index in [1.165, 1.54) is 13.2 Å². The van der Waals surface area contributed by atoms with Gasteiger partial charge >= 0.3 is 11.9 Å². The Hall–Kier alpha value is -2.51. The summed E-state index contributed by atoms with van der Waals surface area (Å²) in [5.74, 6) is -2.84. The van der Waals surface area contributed by atoms with E-state index in [-0.39, 0.29) is 30.5 Å². The predicted molar refractivity (Wildman–Crippen MR) is 138 cm³/mol. The fraction of sp³-hybridized carbons (Fsp3) is 0.633. The zero-order valence-corrected chi connectivity index (χ0v) is 22.5. The summed E-state index contributed by atoms with van der Waals surface area (Å²) in [5, 5.41) is 24.4. The SMILES string of the molecule is COC(=O)C[C@H]1C(=O)C[C@H]2[C@H]([C@H]1C)[C@@H](O)[C@@H](OC(=O)C=Cc1ccccc1)[C@@]1(O)C(C)(C)CCC[C@]21C. The first-order valence-corrected chi connectivity index (χ1v) is 13.3. The lowest BCUT2D eigenvalue weighted by atomic mass is 9.39. The zero-order chi connectivity index (χ0) is 27.2. The Morgan fingerprint density at radius 3 is 2.46 bits per heavy atom. The molecule has 7 nitrogen and oxygen atoms in total. The number of hydrogen-bond acceptors (Lipinski definition) is 7. The van der Waals surface area contributed by atoms with Gasteiger partial charge in [-0.1, -0.05) is 64.4 Å². The van der Waals surface area contributed by atoms with Gasteiger partial charge in [0.15, 0.2) is 6.10 Å². The van der Waals surface area contributed by atoms with Crippen molar-refractivity contribution in [3.63, 3.8) is 0 Å². The number of methoxy groups -OCH3 is 1. The Bertz CT molecular complexity index is 1060. The summed E-state index contributed by atoms with van der Waals surface area (Å²) >= 11 is 0. The van der Waals surface area contributed by atoms with E-state index in [0.717, 1.165) is 12.0 Å². The molecule has 3 fully saturated rings. The molecular formula is C30H40O7. The van der Waals surface area contributed by atoms with E-state index in [4.69, 9.17) is 9.47 Å². The Morgan fingerprint density at radius 2 is 1.81 bits per heavy atom. The quantitative estimate of drug-likeness (QED) is 0.454. The van der Waals surface area contributed by atoms with Crippen LogP contribution in [0.1, 0.15) is 65.4 Å². The van der Waals surface area contributed by atoms with Crippen molar-refractivity contribution < 1.29 is 34.1 Å². The first kappa shape index (κ1) is 27.5. The van der Waals surface area contributed by atoms with E-state index in [1.807, 2.05) is 58.0 Å². The average Bonchev–Trinajstić information content (AvgIpc) is 2.86. The van der Waals surface area contributed by atoms with Crippen molar-refractivity contribution in [2.45, 2.75) is 77.6 Å². The van der Waals surface area contributed by atoms with Gasteiger partial charge in [0.05, 0.1) is 19.6 Å². The number of carbonyl (C=O) groups is 3. The summed E-state index contributed by atoms with van der Waals surface area (Å²) in [7, 11) is 1.29. The largest absolute Gasteiger partial charge is 0.469 e. The van der Waals surface area contributed by atoms with Crippen LogP contribution in [0.3, 0.4) is 0 Å². The van der Waals surface area contributed by atoms with Crippen LogP contribution in [0.25, 0.3) is 6.08 Å². The Kier molecular flexibility index (Phi) is 7.43. The summed E-state index contributed by atoms with van der Waals surface area (Å²) in [4.78, 5) is 38.5. The minimum Gasteiger partial charge on any atom is -0.469 e. The Morgan fingerprint density at radius 1 is 1.14 bits per heavy atom. The van der Waals surface area contributed by atoms with Gasteiger partial charge in [0.25, 0.3) is 0 Å². The molecule has 7 heteroatoms. The van der Waals surface area contributed by atoms with Crippen molar-refractivity contribution in [1.29, 1.82) is 0 Å². The van der Waals surface area contributed by atoms with Crippen molar-refractivity contribution in [2.24, 2.45) is 34.5 Å². The molecule has 1 aromatic carbocycles. The normalized spacial score (nSPS) is 38.9. The maximum Gasteiger partial charge on any atom is 0.331 e. The molecule has 0 bridgehead atoms. The van der Waals surface area contributed by atoms with Crippen molar-refractivity contribution >= 4 is 23.8 Å². The molecule has 0 saturated heterocycles. The number of carbonyl (C=O) groups excluding carboxylic acids is 3. The van der Waals surface area contributed by atoms with Gasteiger partial charge in [0.2, 0.25) is 0 Å². The highest BCUT2D eigenvalue weighted by molar-refractivity contribution is 5.88. The third kappa shape index (κ3) is 4.44.